The number of carbonyl (C=O) groups is 1. The molecule has 3 nitrogen and oxygen atoms in total. The fourth-order valence-corrected chi connectivity index (χ4v) is 2.70. The molecule has 0 unspecified atom stereocenters. The predicted molar refractivity (Wildman–Crippen MR) is 79.3 cm³/mol. The van der Waals surface area contributed by atoms with E-state index in [1.54, 1.807) is 0 Å². The van der Waals surface area contributed by atoms with E-state index in [2.05, 4.69) is 17.1 Å². The standard InChI is InChI=1S/C16H24N2O/c1-13-5-3-7-15(11-13)17-16(19)8-10-18-9-4-6-14(2)12-18/h3,5,7,11,14H,4,6,8-10,12H2,1-2H3,(H,17,19)/t14-/m1/s1. The first kappa shape index (κ1) is 14.1. The number of carbonyl (C=O) groups excluding carboxylic acids is 1. The normalized spacial score (nSPS) is 20.2. The number of benzene rings is 1. The van der Waals surface area contributed by atoms with Crippen molar-refractivity contribution in [3.63, 3.8) is 0 Å². The van der Waals surface area contributed by atoms with E-state index < -0.39 is 0 Å². The van der Waals surface area contributed by atoms with Crippen molar-refractivity contribution in [3.05, 3.63) is 29.8 Å². The highest BCUT2D eigenvalue weighted by Crippen LogP contribution is 2.15. The SMILES string of the molecule is Cc1cccc(NC(=O)CCN2CCC[C@@H](C)C2)c1. The van der Waals surface area contributed by atoms with Crippen LogP contribution in [-0.2, 0) is 4.79 Å². The minimum Gasteiger partial charge on any atom is -0.326 e. The molecule has 19 heavy (non-hydrogen) atoms. The molecule has 1 aromatic carbocycles. The van der Waals surface area contributed by atoms with Gasteiger partial charge in [0, 0.05) is 25.2 Å². The maximum Gasteiger partial charge on any atom is 0.225 e. The molecule has 0 radical (unpaired) electrons. The molecule has 1 aliphatic heterocycles. The molecule has 0 bridgehead atoms. The molecule has 104 valence electrons. The van der Waals surface area contributed by atoms with Crippen molar-refractivity contribution in [2.24, 2.45) is 5.92 Å². The highest BCUT2D eigenvalue weighted by Gasteiger charge is 2.16. The van der Waals surface area contributed by atoms with E-state index in [9.17, 15) is 4.79 Å². The summed E-state index contributed by atoms with van der Waals surface area (Å²) in [5.41, 5.74) is 2.07. The molecule has 0 spiro atoms. The van der Waals surface area contributed by atoms with Crippen LogP contribution in [0.3, 0.4) is 0 Å². The third-order valence-corrected chi connectivity index (χ3v) is 3.70. The van der Waals surface area contributed by atoms with E-state index in [-0.39, 0.29) is 5.91 Å². The highest BCUT2D eigenvalue weighted by molar-refractivity contribution is 5.90. The van der Waals surface area contributed by atoms with Gasteiger partial charge in [0.05, 0.1) is 0 Å². The molecule has 0 aromatic heterocycles. The van der Waals surface area contributed by atoms with Gasteiger partial charge < -0.3 is 10.2 Å². The average Bonchev–Trinajstić information content (AvgIpc) is 2.36. The lowest BCUT2D eigenvalue weighted by molar-refractivity contribution is -0.116. The first-order valence-corrected chi connectivity index (χ1v) is 7.22. The fraction of sp³-hybridized carbons (Fsp3) is 0.562. The van der Waals surface area contributed by atoms with E-state index in [1.807, 2.05) is 31.2 Å². The van der Waals surface area contributed by atoms with E-state index in [0.29, 0.717) is 6.42 Å². The van der Waals surface area contributed by atoms with Crippen molar-refractivity contribution >= 4 is 11.6 Å². The molecule has 1 heterocycles. The first-order valence-electron chi connectivity index (χ1n) is 7.22. The molecular formula is C16H24N2O. The number of rotatable bonds is 4. The average molecular weight is 260 g/mol. The molecule has 1 N–H and O–H groups in total. The monoisotopic (exact) mass is 260 g/mol. The van der Waals surface area contributed by atoms with Crippen LogP contribution in [0, 0.1) is 12.8 Å². The van der Waals surface area contributed by atoms with Gasteiger partial charge >= 0.3 is 0 Å². The molecule has 1 aromatic rings. The Morgan fingerprint density at radius 3 is 3.05 bits per heavy atom. The second-order valence-corrected chi connectivity index (χ2v) is 5.72. The van der Waals surface area contributed by atoms with Crippen LogP contribution >= 0.6 is 0 Å². The van der Waals surface area contributed by atoms with E-state index in [0.717, 1.165) is 31.2 Å². The summed E-state index contributed by atoms with van der Waals surface area (Å²) in [6.07, 6.45) is 3.17. The van der Waals surface area contributed by atoms with Gasteiger partial charge in [0.15, 0.2) is 0 Å². The van der Waals surface area contributed by atoms with Gasteiger partial charge in [0.1, 0.15) is 0 Å². The Morgan fingerprint density at radius 1 is 1.47 bits per heavy atom. The number of nitrogens with one attached hydrogen (secondary N) is 1. The summed E-state index contributed by atoms with van der Waals surface area (Å²) >= 11 is 0. The van der Waals surface area contributed by atoms with E-state index in [1.165, 1.54) is 18.4 Å². The summed E-state index contributed by atoms with van der Waals surface area (Å²) in [6.45, 7) is 7.48. The van der Waals surface area contributed by atoms with Gasteiger partial charge in [-0.1, -0.05) is 19.1 Å². The van der Waals surface area contributed by atoms with Gasteiger partial charge in [-0.05, 0) is 49.9 Å². The number of hydrogen-bond donors (Lipinski definition) is 1. The minimum absolute atomic E-state index is 0.115. The van der Waals surface area contributed by atoms with Gasteiger partial charge in [-0.3, -0.25) is 4.79 Å². The van der Waals surface area contributed by atoms with Crippen LogP contribution in [0.2, 0.25) is 0 Å². The fourth-order valence-electron chi connectivity index (χ4n) is 2.70. The Balaban J connectivity index is 1.75. The van der Waals surface area contributed by atoms with Crippen molar-refractivity contribution in [3.8, 4) is 0 Å². The Bertz CT molecular complexity index is 431. The maximum atomic E-state index is 11.9. The lowest BCUT2D eigenvalue weighted by Crippen LogP contribution is -2.36. The lowest BCUT2D eigenvalue weighted by atomic mass is 10.0. The Labute approximate surface area is 116 Å². The van der Waals surface area contributed by atoms with Crippen LogP contribution in [0.1, 0.15) is 31.7 Å². The predicted octanol–water partition coefficient (Wildman–Crippen LogP) is 3.06. The van der Waals surface area contributed by atoms with Gasteiger partial charge in [0.25, 0.3) is 0 Å². The molecular weight excluding hydrogens is 236 g/mol. The third kappa shape index (κ3) is 4.67. The zero-order chi connectivity index (χ0) is 13.7. The molecule has 3 heteroatoms. The summed E-state index contributed by atoms with van der Waals surface area (Å²) in [4.78, 5) is 14.3. The smallest absolute Gasteiger partial charge is 0.225 e. The molecule has 1 aliphatic rings. The zero-order valence-electron chi connectivity index (χ0n) is 12.0. The summed E-state index contributed by atoms with van der Waals surface area (Å²) in [7, 11) is 0. The van der Waals surface area contributed by atoms with Gasteiger partial charge in [-0.25, -0.2) is 0 Å². The van der Waals surface area contributed by atoms with Crippen molar-refractivity contribution in [1.82, 2.24) is 4.90 Å². The van der Waals surface area contributed by atoms with Gasteiger partial charge in [-0.2, -0.15) is 0 Å². The molecule has 1 saturated heterocycles. The molecule has 1 atom stereocenters. The summed E-state index contributed by atoms with van der Waals surface area (Å²) in [5.74, 6) is 0.886. The number of piperidine rings is 1. The van der Waals surface area contributed by atoms with Crippen LogP contribution in [0.25, 0.3) is 0 Å². The van der Waals surface area contributed by atoms with Crippen LogP contribution in [0.15, 0.2) is 24.3 Å². The molecule has 0 aliphatic carbocycles. The number of anilines is 1. The minimum atomic E-state index is 0.115. The summed E-state index contributed by atoms with van der Waals surface area (Å²) in [6, 6.07) is 7.94. The topological polar surface area (TPSA) is 32.3 Å². The molecule has 1 amide bonds. The van der Waals surface area contributed by atoms with Crippen LogP contribution in [0.4, 0.5) is 5.69 Å². The van der Waals surface area contributed by atoms with Gasteiger partial charge in [-0.15, -0.1) is 0 Å². The van der Waals surface area contributed by atoms with Crippen LogP contribution in [0.5, 0.6) is 0 Å². The second kappa shape index (κ2) is 6.71. The number of aryl methyl sites for hydroxylation is 1. The van der Waals surface area contributed by atoms with Crippen molar-refractivity contribution in [1.29, 1.82) is 0 Å². The Morgan fingerprint density at radius 2 is 2.32 bits per heavy atom. The van der Waals surface area contributed by atoms with Crippen molar-refractivity contribution in [2.75, 3.05) is 25.0 Å². The third-order valence-electron chi connectivity index (χ3n) is 3.70. The second-order valence-electron chi connectivity index (χ2n) is 5.72. The number of nitrogens with zero attached hydrogens (tertiary/aromatic N) is 1. The van der Waals surface area contributed by atoms with Crippen LogP contribution in [-0.4, -0.2) is 30.4 Å². The highest BCUT2D eigenvalue weighted by atomic mass is 16.1. The number of likely N-dealkylation sites (tertiary alicyclic amines) is 1. The quantitative estimate of drug-likeness (QED) is 0.902. The number of hydrogen-bond acceptors (Lipinski definition) is 2. The number of amides is 1. The lowest BCUT2D eigenvalue weighted by Gasteiger charge is -2.30. The molecule has 0 saturated carbocycles. The maximum absolute atomic E-state index is 11.9. The Hall–Kier alpha value is -1.35. The first-order chi connectivity index (χ1) is 9.13. The van der Waals surface area contributed by atoms with Crippen molar-refractivity contribution in [2.45, 2.75) is 33.1 Å². The zero-order valence-corrected chi connectivity index (χ0v) is 12.0. The summed E-state index contributed by atoms with van der Waals surface area (Å²) < 4.78 is 0. The molecule has 2 rings (SSSR count). The summed E-state index contributed by atoms with van der Waals surface area (Å²) in [5, 5.41) is 2.97. The Kier molecular flexibility index (Phi) is 4.97. The molecule has 1 fully saturated rings. The largest absolute Gasteiger partial charge is 0.326 e. The van der Waals surface area contributed by atoms with Crippen molar-refractivity contribution < 1.29 is 4.79 Å². The van der Waals surface area contributed by atoms with E-state index in [4.69, 9.17) is 0 Å². The van der Waals surface area contributed by atoms with Gasteiger partial charge in [0.2, 0.25) is 5.91 Å². The van der Waals surface area contributed by atoms with Crippen LogP contribution < -0.4 is 5.32 Å². The van der Waals surface area contributed by atoms with E-state index >= 15 is 0 Å².